The van der Waals surface area contributed by atoms with Crippen LogP contribution in [0.3, 0.4) is 0 Å². The zero-order valence-electron chi connectivity index (χ0n) is 12.1. The van der Waals surface area contributed by atoms with Gasteiger partial charge in [-0.25, -0.2) is 0 Å². The maximum atomic E-state index is 11.4. The van der Waals surface area contributed by atoms with Gasteiger partial charge in [0.25, 0.3) is 0 Å². The Kier molecular flexibility index (Phi) is 5.68. The van der Waals surface area contributed by atoms with Crippen LogP contribution in [0.4, 0.5) is 0 Å². The molecule has 4 atom stereocenters. The molecule has 1 aliphatic carbocycles. The minimum atomic E-state index is -0.573. The van der Waals surface area contributed by atoms with Crippen LogP contribution in [0.2, 0.25) is 0 Å². The topological polar surface area (TPSA) is 46.5 Å². The maximum absolute atomic E-state index is 11.4. The Labute approximate surface area is 116 Å². The average Bonchev–Trinajstić information content (AvgIpc) is 2.91. The van der Waals surface area contributed by atoms with E-state index in [0.29, 0.717) is 12.0 Å². The van der Waals surface area contributed by atoms with E-state index in [4.69, 9.17) is 4.74 Å². The van der Waals surface area contributed by atoms with Crippen molar-refractivity contribution in [2.45, 2.75) is 70.8 Å². The smallest absolute Gasteiger partial charge is 0.306 e. The van der Waals surface area contributed by atoms with Crippen LogP contribution in [0.5, 0.6) is 0 Å². The molecule has 1 aliphatic heterocycles. The zero-order chi connectivity index (χ0) is 13.7. The second-order valence-corrected chi connectivity index (χ2v) is 6.36. The number of hydrogen-bond donors (Lipinski definition) is 1. The number of aliphatic carboxylic acids is 1. The summed E-state index contributed by atoms with van der Waals surface area (Å²) in [7, 11) is 0. The number of carbonyl (C=O) groups is 1. The quantitative estimate of drug-likeness (QED) is 0.795. The molecule has 3 heteroatoms. The van der Waals surface area contributed by atoms with E-state index in [9.17, 15) is 9.90 Å². The van der Waals surface area contributed by atoms with Crippen LogP contribution >= 0.6 is 0 Å². The lowest BCUT2D eigenvalue weighted by molar-refractivity contribution is -0.145. The Morgan fingerprint density at radius 1 is 1.26 bits per heavy atom. The Balaban J connectivity index is 1.77. The van der Waals surface area contributed by atoms with E-state index >= 15 is 0 Å². The first-order chi connectivity index (χ1) is 9.20. The van der Waals surface area contributed by atoms with Crippen molar-refractivity contribution in [2.24, 2.45) is 17.8 Å². The second kappa shape index (κ2) is 7.28. The molecule has 0 bridgehead atoms. The molecule has 1 saturated carbocycles. The van der Waals surface area contributed by atoms with Gasteiger partial charge in [0.05, 0.1) is 12.0 Å². The molecule has 1 N–H and O–H groups in total. The molecule has 4 unspecified atom stereocenters. The number of carboxylic acid groups (broad SMARTS) is 1. The monoisotopic (exact) mass is 268 g/mol. The summed E-state index contributed by atoms with van der Waals surface area (Å²) in [5.74, 6) is 0.491. The molecule has 0 amide bonds. The van der Waals surface area contributed by atoms with E-state index in [1.165, 1.54) is 19.3 Å². The Morgan fingerprint density at radius 3 is 2.74 bits per heavy atom. The molecule has 0 aromatic carbocycles. The number of carboxylic acids is 1. The maximum Gasteiger partial charge on any atom is 0.306 e. The summed E-state index contributed by atoms with van der Waals surface area (Å²) in [6.45, 7) is 3.15. The number of hydrogen-bond acceptors (Lipinski definition) is 2. The molecule has 0 aromatic heterocycles. The minimum Gasteiger partial charge on any atom is -0.481 e. The van der Waals surface area contributed by atoms with E-state index < -0.39 is 5.97 Å². The van der Waals surface area contributed by atoms with E-state index in [0.717, 1.165) is 51.0 Å². The summed E-state index contributed by atoms with van der Waals surface area (Å²) >= 11 is 0. The third-order valence-electron chi connectivity index (χ3n) is 5.11. The lowest BCUT2D eigenvalue weighted by Gasteiger charge is -2.33. The van der Waals surface area contributed by atoms with Crippen LogP contribution in [0, 0.1) is 17.8 Å². The van der Waals surface area contributed by atoms with E-state index in [1.807, 2.05) is 0 Å². The van der Waals surface area contributed by atoms with Crippen LogP contribution in [-0.2, 0) is 9.53 Å². The van der Waals surface area contributed by atoms with Crippen molar-refractivity contribution in [3.8, 4) is 0 Å². The second-order valence-electron chi connectivity index (χ2n) is 6.36. The molecule has 0 radical (unpaired) electrons. The van der Waals surface area contributed by atoms with Gasteiger partial charge in [-0.3, -0.25) is 4.79 Å². The molecule has 2 fully saturated rings. The van der Waals surface area contributed by atoms with Gasteiger partial charge >= 0.3 is 5.97 Å². The predicted molar refractivity (Wildman–Crippen MR) is 75.1 cm³/mol. The van der Waals surface area contributed by atoms with Crippen LogP contribution in [-0.4, -0.2) is 23.8 Å². The molecule has 110 valence electrons. The minimum absolute atomic E-state index is 0.0905. The van der Waals surface area contributed by atoms with E-state index in [2.05, 4.69) is 6.92 Å². The first-order valence-corrected chi connectivity index (χ1v) is 8.05. The Bertz CT molecular complexity index is 284. The summed E-state index contributed by atoms with van der Waals surface area (Å²) < 4.78 is 5.64. The number of ether oxygens (including phenoxy) is 1. The van der Waals surface area contributed by atoms with Gasteiger partial charge in [0.15, 0.2) is 0 Å². The van der Waals surface area contributed by atoms with E-state index in [-0.39, 0.29) is 5.92 Å². The molecule has 1 heterocycles. The normalized spacial score (nSPS) is 35.4. The van der Waals surface area contributed by atoms with Gasteiger partial charge in [0.1, 0.15) is 0 Å². The molecular formula is C16H28O3. The standard InChI is InChI=1S/C16H28O3/c1-2-12-8-9-15(16(17)18)13(11-12)5-3-6-14-7-4-10-19-14/h12-15H,2-11H2,1H3,(H,17,18). The highest BCUT2D eigenvalue weighted by Crippen LogP contribution is 2.38. The summed E-state index contributed by atoms with van der Waals surface area (Å²) in [5, 5.41) is 9.35. The summed E-state index contributed by atoms with van der Waals surface area (Å²) in [4.78, 5) is 11.4. The van der Waals surface area contributed by atoms with Crippen molar-refractivity contribution in [1.29, 1.82) is 0 Å². The Hall–Kier alpha value is -0.570. The van der Waals surface area contributed by atoms with Crippen LogP contribution in [0.15, 0.2) is 0 Å². The van der Waals surface area contributed by atoms with Gasteiger partial charge in [0.2, 0.25) is 0 Å². The van der Waals surface area contributed by atoms with Gasteiger partial charge in [-0.1, -0.05) is 19.8 Å². The zero-order valence-corrected chi connectivity index (χ0v) is 12.1. The molecule has 2 aliphatic rings. The molecule has 2 rings (SSSR count). The van der Waals surface area contributed by atoms with Crippen molar-refractivity contribution in [3.05, 3.63) is 0 Å². The molecule has 0 spiro atoms. The Morgan fingerprint density at radius 2 is 2.11 bits per heavy atom. The molecule has 1 saturated heterocycles. The van der Waals surface area contributed by atoms with Crippen molar-refractivity contribution in [1.82, 2.24) is 0 Å². The largest absolute Gasteiger partial charge is 0.481 e. The molecule has 19 heavy (non-hydrogen) atoms. The lowest BCUT2D eigenvalue weighted by Crippen LogP contribution is -2.30. The molecule has 0 aromatic rings. The molecule has 3 nitrogen and oxygen atoms in total. The number of rotatable bonds is 6. The van der Waals surface area contributed by atoms with E-state index in [1.54, 1.807) is 0 Å². The fourth-order valence-corrected chi connectivity index (χ4v) is 3.86. The summed E-state index contributed by atoms with van der Waals surface area (Å²) in [6.07, 6.45) is 10.5. The predicted octanol–water partition coefficient (Wildman–Crippen LogP) is 3.86. The highest BCUT2D eigenvalue weighted by molar-refractivity contribution is 5.70. The molecular weight excluding hydrogens is 240 g/mol. The average molecular weight is 268 g/mol. The summed E-state index contributed by atoms with van der Waals surface area (Å²) in [5.41, 5.74) is 0. The van der Waals surface area contributed by atoms with Crippen molar-refractivity contribution in [3.63, 3.8) is 0 Å². The van der Waals surface area contributed by atoms with Crippen molar-refractivity contribution < 1.29 is 14.6 Å². The van der Waals surface area contributed by atoms with Gasteiger partial charge in [-0.15, -0.1) is 0 Å². The lowest BCUT2D eigenvalue weighted by atomic mass is 9.71. The highest BCUT2D eigenvalue weighted by Gasteiger charge is 2.34. The SMILES string of the molecule is CCC1CCC(C(=O)O)C(CCCC2CCCO2)C1. The van der Waals surface area contributed by atoms with Gasteiger partial charge in [0, 0.05) is 6.61 Å². The fourth-order valence-electron chi connectivity index (χ4n) is 3.86. The van der Waals surface area contributed by atoms with Gasteiger partial charge in [-0.05, 0) is 56.8 Å². The first kappa shape index (κ1) is 14.8. The summed E-state index contributed by atoms with van der Waals surface area (Å²) in [6, 6.07) is 0. The third kappa shape index (κ3) is 4.20. The highest BCUT2D eigenvalue weighted by atomic mass is 16.5. The van der Waals surface area contributed by atoms with Crippen LogP contribution in [0.25, 0.3) is 0 Å². The van der Waals surface area contributed by atoms with Crippen LogP contribution < -0.4 is 0 Å². The van der Waals surface area contributed by atoms with Crippen molar-refractivity contribution >= 4 is 5.97 Å². The fraction of sp³-hybridized carbons (Fsp3) is 0.938. The first-order valence-electron chi connectivity index (χ1n) is 8.05. The van der Waals surface area contributed by atoms with Crippen molar-refractivity contribution in [2.75, 3.05) is 6.61 Å². The van der Waals surface area contributed by atoms with Crippen LogP contribution in [0.1, 0.15) is 64.7 Å². The van der Waals surface area contributed by atoms with Gasteiger partial charge < -0.3 is 9.84 Å². The van der Waals surface area contributed by atoms with Gasteiger partial charge in [-0.2, -0.15) is 0 Å². The third-order valence-corrected chi connectivity index (χ3v) is 5.11.